The summed E-state index contributed by atoms with van der Waals surface area (Å²) in [5.41, 5.74) is -0.309. The zero-order chi connectivity index (χ0) is 14.1. The molecule has 0 bridgehead atoms. The summed E-state index contributed by atoms with van der Waals surface area (Å²) in [6.07, 6.45) is 2.75. The van der Waals surface area contributed by atoms with Gasteiger partial charge in [-0.05, 0) is 58.5 Å². The Balaban J connectivity index is 0.00000200. The smallest absolute Gasteiger partial charge is 0.410 e. The maximum absolute atomic E-state index is 12.2. The predicted octanol–water partition coefficient (Wildman–Crippen LogP) is 1.78. The van der Waals surface area contributed by atoms with Gasteiger partial charge < -0.3 is 20.1 Å². The third-order valence-electron chi connectivity index (χ3n) is 4.12. The number of piperidine rings is 1. The highest BCUT2D eigenvalue weighted by atomic mass is 35.5. The van der Waals surface area contributed by atoms with Crippen molar-refractivity contribution < 1.29 is 14.6 Å². The maximum Gasteiger partial charge on any atom is 0.410 e. The van der Waals surface area contributed by atoms with E-state index in [-0.39, 0.29) is 36.6 Å². The summed E-state index contributed by atoms with van der Waals surface area (Å²) in [6, 6.07) is -0.0899. The Bertz CT molecular complexity index is 338. The van der Waals surface area contributed by atoms with Crippen LogP contribution in [0, 0.1) is 5.41 Å². The summed E-state index contributed by atoms with van der Waals surface area (Å²) in [5.74, 6) is 0. The number of likely N-dealkylation sites (tertiary alicyclic amines) is 1. The van der Waals surface area contributed by atoms with E-state index < -0.39 is 5.60 Å². The Labute approximate surface area is 127 Å². The average molecular weight is 307 g/mol. The number of hydrogen-bond acceptors (Lipinski definition) is 4. The van der Waals surface area contributed by atoms with Crippen LogP contribution in [0.15, 0.2) is 0 Å². The topological polar surface area (TPSA) is 61.8 Å². The van der Waals surface area contributed by atoms with Gasteiger partial charge in [-0.25, -0.2) is 4.79 Å². The molecule has 2 heterocycles. The molecule has 0 aromatic rings. The van der Waals surface area contributed by atoms with Crippen molar-refractivity contribution in [2.75, 3.05) is 26.2 Å². The largest absolute Gasteiger partial charge is 0.444 e. The number of halogens is 1. The normalized spacial score (nSPS) is 25.4. The molecule has 0 aliphatic carbocycles. The summed E-state index contributed by atoms with van der Waals surface area (Å²) < 4.78 is 5.45. The Morgan fingerprint density at radius 3 is 2.50 bits per heavy atom. The molecule has 2 rings (SSSR count). The van der Waals surface area contributed by atoms with Crippen molar-refractivity contribution in [3.63, 3.8) is 0 Å². The van der Waals surface area contributed by atoms with Crippen LogP contribution in [-0.4, -0.2) is 54.0 Å². The molecule has 2 aliphatic rings. The molecule has 1 amide bonds. The molecule has 1 spiro atoms. The molecule has 1 atom stereocenters. The standard InChI is InChI=1S/C14H26N2O3.ClH/c1-13(2,3)19-12(18)16-10-14(8-11(16)9-17)4-6-15-7-5-14;/h11,15,17H,4-10H2,1-3H3;1H. The van der Waals surface area contributed by atoms with E-state index in [1.54, 1.807) is 4.90 Å². The van der Waals surface area contributed by atoms with Crippen LogP contribution in [0.25, 0.3) is 0 Å². The number of nitrogens with one attached hydrogen (secondary N) is 1. The first kappa shape index (κ1) is 17.5. The van der Waals surface area contributed by atoms with Gasteiger partial charge in [-0.15, -0.1) is 12.4 Å². The fourth-order valence-electron chi connectivity index (χ4n) is 3.18. The molecular weight excluding hydrogens is 280 g/mol. The van der Waals surface area contributed by atoms with Crippen molar-refractivity contribution in [2.24, 2.45) is 5.41 Å². The van der Waals surface area contributed by atoms with Crippen LogP contribution in [0.1, 0.15) is 40.0 Å². The lowest BCUT2D eigenvalue weighted by atomic mass is 9.77. The third kappa shape index (κ3) is 3.99. The van der Waals surface area contributed by atoms with E-state index >= 15 is 0 Å². The van der Waals surface area contributed by atoms with Gasteiger partial charge in [-0.3, -0.25) is 0 Å². The van der Waals surface area contributed by atoms with Crippen molar-refractivity contribution in [1.29, 1.82) is 0 Å². The number of ether oxygens (including phenoxy) is 1. The van der Waals surface area contributed by atoms with Gasteiger partial charge in [0.25, 0.3) is 0 Å². The van der Waals surface area contributed by atoms with Crippen LogP contribution in [-0.2, 0) is 4.74 Å². The molecule has 2 fully saturated rings. The lowest BCUT2D eigenvalue weighted by Crippen LogP contribution is -2.43. The van der Waals surface area contributed by atoms with Gasteiger partial charge in [0.05, 0.1) is 12.6 Å². The van der Waals surface area contributed by atoms with Gasteiger partial charge in [-0.1, -0.05) is 0 Å². The van der Waals surface area contributed by atoms with Gasteiger partial charge in [0, 0.05) is 6.54 Å². The average Bonchev–Trinajstić information content (AvgIpc) is 2.67. The van der Waals surface area contributed by atoms with Crippen molar-refractivity contribution in [2.45, 2.75) is 51.7 Å². The molecule has 118 valence electrons. The number of aliphatic hydroxyl groups excluding tert-OH is 1. The molecule has 2 aliphatic heterocycles. The van der Waals surface area contributed by atoms with Gasteiger partial charge >= 0.3 is 6.09 Å². The van der Waals surface area contributed by atoms with Gasteiger partial charge in [0.1, 0.15) is 5.60 Å². The summed E-state index contributed by atoms with van der Waals surface area (Å²) in [4.78, 5) is 14.0. The summed E-state index contributed by atoms with van der Waals surface area (Å²) in [7, 11) is 0. The summed E-state index contributed by atoms with van der Waals surface area (Å²) >= 11 is 0. The molecule has 2 N–H and O–H groups in total. The lowest BCUT2D eigenvalue weighted by Gasteiger charge is -2.33. The first-order valence-electron chi connectivity index (χ1n) is 7.16. The highest BCUT2D eigenvalue weighted by Gasteiger charge is 2.46. The molecule has 20 heavy (non-hydrogen) atoms. The van der Waals surface area contributed by atoms with E-state index in [9.17, 15) is 9.90 Å². The Morgan fingerprint density at radius 1 is 1.40 bits per heavy atom. The molecule has 2 saturated heterocycles. The van der Waals surface area contributed by atoms with Crippen molar-refractivity contribution in [1.82, 2.24) is 10.2 Å². The molecule has 0 aromatic heterocycles. The van der Waals surface area contributed by atoms with Gasteiger partial charge in [-0.2, -0.15) is 0 Å². The van der Waals surface area contributed by atoms with E-state index in [0.717, 1.165) is 38.9 Å². The number of carbonyl (C=O) groups excluding carboxylic acids is 1. The van der Waals surface area contributed by atoms with E-state index in [1.165, 1.54) is 0 Å². The Hall–Kier alpha value is -0.520. The van der Waals surface area contributed by atoms with Crippen molar-refractivity contribution >= 4 is 18.5 Å². The van der Waals surface area contributed by atoms with Crippen LogP contribution in [0.3, 0.4) is 0 Å². The van der Waals surface area contributed by atoms with Crippen LogP contribution >= 0.6 is 12.4 Å². The lowest BCUT2D eigenvalue weighted by molar-refractivity contribution is 0.0159. The number of nitrogens with zero attached hydrogens (tertiary/aromatic N) is 1. The second-order valence-electron chi connectivity index (χ2n) is 6.90. The molecule has 5 nitrogen and oxygen atoms in total. The second kappa shape index (κ2) is 6.50. The molecule has 6 heteroatoms. The minimum absolute atomic E-state index is 0. The SMILES string of the molecule is CC(C)(C)OC(=O)N1CC2(CCNCC2)CC1CO.Cl. The van der Waals surface area contributed by atoms with E-state index in [4.69, 9.17) is 4.74 Å². The number of hydrogen-bond donors (Lipinski definition) is 2. The zero-order valence-corrected chi connectivity index (χ0v) is 13.5. The highest BCUT2D eigenvalue weighted by Crippen LogP contribution is 2.42. The minimum atomic E-state index is -0.485. The minimum Gasteiger partial charge on any atom is -0.444 e. The Kier molecular flexibility index (Phi) is 5.70. The molecule has 0 aromatic carbocycles. The maximum atomic E-state index is 12.2. The number of rotatable bonds is 1. The zero-order valence-electron chi connectivity index (χ0n) is 12.6. The van der Waals surface area contributed by atoms with Crippen LogP contribution in [0.4, 0.5) is 4.79 Å². The second-order valence-corrected chi connectivity index (χ2v) is 6.90. The molecule has 0 saturated carbocycles. The fourth-order valence-corrected chi connectivity index (χ4v) is 3.18. The van der Waals surface area contributed by atoms with Crippen LogP contribution < -0.4 is 5.32 Å². The highest BCUT2D eigenvalue weighted by molar-refractivity contribution is 5.85. The van der Waals surface area contributed by atoms with E-state index in [2.05, 4.69) is 5.32 Å². The van der Waals surface area contributed by atoms with Crippen LogP contribution in [0.5, 0.6) is 0 Å². The first-order chi connectivity index (χ1) is 8.85. The Morgan fingerprint density at radius 2 is 2.00 bits per heavy atom. The van der Waals surface area contributed by atoms with Crippen LogP contribution in [0.2, 0.25) is 0 Å². The third-order valence-corrected chi connectivity index (χ3v) is 4.12. The fraction of sp³-hybridized carbons (Fsp3) is 0.929. The van der Waals surface area contributed by atoms with Crippen molar-refractivity contribution in [3.05, 3.63) is 0 Å². The first-order valence-corrected chi connectivity index (χ1v) is 7.16. The summed E-state index contributed by atoms with van der Waals surface area (Å²) in [5, 5.41) is 12.9. The summed E-state index contributed by atoms with van der Waals surface area (Å²) in [6.45, 7) is 8.35. The predicted molar refractivity (Wildman–Crippen MR) is 80.2 cm³/mol. The number of aliphatic hydroxyl groups is 1. The molecule has 0 radical (unpaired) electrons. The number of carbonyl (C=O) groups is 1. The van der Waals surface area contributed by atoms with E-state index in [0.29, 0.717) is 0 Å². The monoisotopic (exact) mass is 306 g/mol. The molecular formula is C14H27ClN2O3. The number of amides is 1. The van der Waals surface area contributed by atoms with Gasteiger partial charge in [0.15, 0.2) is 0 Å². The van der Waals surface area contributed by atoms with E-state index in [1.807, 2.05) is 20.8 Å². The molecule has 1 unspecified atom stereocenters. The quantitative estimate of drug-likeness (QED) is 0.775. The van der Waals surface area contributed by atoms with Crippen molar-refractivity contribution in [3.8, 4) is 0 Å². The van der Waals surface area contributed by atoms with Gasteiger partial charge in [0.2, 0.25) is 0 Å².